The van der Waals surface area contributed by atoms with Gasteiger partial charge in [0.05, 0.1) is 35.0 Å². The second-order valence-electron chi connectivity index (χ2n) is 9.87. The van der Waals surface area contributed by atoms with Crippen molar-refractivity contribution in [3.63, 3.8) is 0 Å². The fourth-order valence-electron chi connectivity index (χ4n) is 5.63. The van der Waals surface area contributed by atoms with E-state index in [4.69, 9.17) is 0 Å². The van der Waals surface area contributed by atoms with Crippen molar-refractivity contribution in [2.45, 2.75) is 6.04 Å². The Balaban J connectivity index is 1.21. The lowest BCUT2D eigenvalue weighted by Crippen LogP contribution is -2.51. The molecular formula is C28H27N9O. The van der Waals surface area contributed by atoms with E-state index in [1.165, 1.54) is 15.8 Å². The Bertz CT molecular complexity index is 1730. The van der Waals surface area contributed by atoms with Crippen LogP contribution in [-0.2, 0) is 14.1 Å². The van der Waals surface area contributed by atoms with Gasteiger partial charge in [-0.1, -0.05) is 29.5 Å². The van der Waals surface area contributed by atoms with Gasteiger partial charge in [0.25, 0.3) is 0 Å². The maximum absolute atomic E-state index is 13.3. The molecular weight excluding hydrogens is 478 g/mol. The molecule has 0 radical (unpaired) electrons. The van der Waals surface area contributed by atoms with Crippen molar-refractivity contribution >= 4 is 38.9 Å². The average molecular weight is 506 g/mol. The van der Waals surface area contributed by atoms with E-state index in [1.807, 2.05) is 65.0 Å². The molecule has 0 atom stereocenters. The van der Waals surface area contributed by atoms with Gasteiger partial charge in [0.2, 0.25) is 0 Å². The maximum Gasteiger partial charge on any atom is 0.346 e. The Morgan fingerprint density at radius 1 is 0.763 bits per heavy atom. The highest BCUT2D eigenvalue weighted by Crippen LogP contribution is 2.33. The summed E-state index contributed by atoms with van der Waals surface area (Å²) in [6, 6.07) is 20.6. The van der Waals surface area contributed by atoms with E-state index in [0.717, 1.165) is 45.9 Å². The summed E-state index contributed by atoms with van der Waals surface area (Å²) in [6.07, 6.45) is 3.83. The maximum atomic E-state index is 13.3. The van der Waals surface area contributed by atoms with Crippen LogP contribution in [-0.4, -0.2) is 76.6 Å². The number of rotatable bonds is 3. The molecule has 7 rings (SSSR count). The quantitative estimate of drug-likeness (QED) is 0.365. The molecule has 0 bridgehead atoms. The van der Waals surface area contributed by atoms with Crippen LogP contribution in [0.4, 0.5) is 4.79 Å². The molecule has 0 unspecified atom stereocenters. The summed E-state index contributed by atoms with van der Waals surface area (Å²) in [5, 5.41) is 19.4. The number of fused-ring (bicyclic) bond motifs is 3. The van der Waals surface area contributed by atoms with E-state index in [2.05, 4.69) is 61.8 Å². The zero-order valence-corrected chi connectivity index (χ0v) is 21.3. The number of amides is 1. The Labute approximate surface area is 218 Å². The number of piperazine rings is 1. The van der Waals surface area contributed by atoms with E-state index in [0.29, 0.717) is 13.1 Å². The largest absolute Gasteiger partial charge is 0.346 e. The highest BCUT2D eigenvalue weighted by atomic mass is 16.2. The molecule has 1 saturated heterocycles. The van der Waals surface area contributed by atoms with E-state index in [1.54, 1.807) is 0 Å². The number of hydrogen-bond acceptors (Lipinski definition) is 6. The van der Waals surface area contributed by atoms with E-state index >= 15 is 0 Å². The molecule has 0 saturated carbocycles. The number of para-hydroxylation sites is 1. The molecule has 0 aliphatic carbocycles. The molecule has 6 aromatic rings. The van der Waals surface area contributed by atoms with Gasteiger partial charge < -0.3 is 4.90 Å². The number of carbonyl (C=O) groups is 1. The van der Waals surface area contributed by atoms with Gasteiger partial charge in [0.1, 0.15) is 5.52 Å². The summed E-state index contributed by atoms with van der Waals surface area (Å²) >= 11 is 0. The van der Waals surface area contributed by atoms with Crippen LogP contribution in [0.3, 0.4) is 0 Å². The summed E-state index contributed by atoms with van der Waals surface area (Å²) in [4.78, 5) is 17.7. The lowest BCUT2D eigenvalue weighted by molar-refractivity contribution is 0.120. The van der Waals surface area contributed by atoms with Crippen molar-refractivity contribution in [2.24, 2.45) is 14.1 Å². The van der Waals surface area contributed by atoms with Gasteiger partial charge in [-0.2, -0.15) is 14.9 Å². The molecule has 1 aliphatic heterocycles. The van der Waals surface area contributed by atoms with Crippen LogP contribution in [0.25, 0.3) is 32.8 Å². The van der Waals surface area contributed by atoms with Crippen LogP contribution in [0, 0.1) is 0 Å². The molecule has 1 amide bonds. The monoisotopic (exact) mass is 505 g/mol. The van der Waals surface area contributed by atoms with Gasteiger partial charge in [0.15, 0.2) is 0 Å². The van der Waals surface area contributed by atoms with Gasteiger partial charge in [-0.15, -0.1) is 5.10 Å². The molecule has 4 heterocycles. The first-order valence-corrected chi connectivity index (χ1v) is 12.7. The number of hydrogen-bond donors (Lipinski definition) is 0. The predicted molar refractivity (Wildman–Crippen MR) is 145 cm³/mol. The van der Waals surface area contributed by atoms with E-state index < -0.39 is 0 Å². The van der Waals surface area contributed by atoms with Crippen LogP contribution in [0.15, 0.2) is 73.1 Å². The molecule has 3 aromatic heterocycles. The fourth-order valence-corrected chi connectivity index (χ4v) is 5.63. The molecule has 1 aliphatic rings. The first kappa shape index (κ1) is 22.6. The average Bonchev–Trinajstić information content (AvgIpc) is 3.66. The second kappa shape index (κ2) is 8.77. The summed E-state index contributed by atoms with van der Waals surface area (Å²) in [6.45, 7) is 2.68. The van der Waals surface area contributed by atoms with Gasteiger partial charge in [-0.25, -0.2) is 4.79 Å². The number of benzene rings is 3. The highest BCUT2D eigenvalue weighted by Gasteiger charge is 2.30. The van der Waals surface area contributed by atoms with E-state index in [9.17, 15) is 4.79 Å². The zero-order valence-electron chi connectivity index (χ0n) is 21.3. The van der Waals surface area contributed by atoms with E-state index in [-0.39, 0.29) is 12.1 Å². The Hall–Kier alpha value is -4.57. The smallest absolute Gasteiger partial charge is 0.320 e. The third-order valence-electron chi connectivity index (χ3n) is 7.65. The van der Waals surface area contributed by atoms with Gasteiger partial charge >= 0.3 is 6.03 Å². The summed E-state index contributed by atoms with van der Waals surface area (Å²) < 4.78 is 5.21. The first-order chi connectivity index (χ1) is 18.6. The Morgan fingerprint density at radius 2 is 1.37 bits per heavy atom. The fraction of sp³-hybridized carbons (Fsp3) is 0.250. The van der Waals surface area contributed by atoms with Crippen molar-refractivity contribution in [1.82, 2.24) is 44.4 Å². The van der Waals surface area contributed by atoms with Crippen LogP contribution in [0.1, 0.15) is 17.2 Å². The highest BCUT2D eigenvalue weighted by molar-refractivity contribution is 5.87. The normalized spacial score (nSPS) is 14.9. The topological polar surface area (TPSA) is 89.9 Å². The Morgan fingerprint density at radius 3 is 2.00 bits per heavy atom. The molecule has 0 N–H and O–H groups in total. The molecule has 1 fully saturated rings. The van der Waals surface area contributed by atoms with Crippen molar-refractivity contribution in [3.05, 3.63) is 84.2 Å². The number of carbonyl (C=O) groups excluding carboxylic acids is 1. The summed E-state index contributed by atoms with van der Waals surface area (Å²) in [5.41, 5.74) is 6.06. The number of aryl methyl sites for hydroxylation is 2. The Kier molecular flexibility index (Phi) is 5.22. The summed E-state index contributed by atoms with van der Waals surface area (Å²) in [5.74, 6) is 0. The van der Waals surface area contributed by atoms with Gasteiger partial charge in [0, 0.05) is 51.0 Å². The third kappa shape index (κ3) is 3.64. The molecule has 0 spiro atoms. The molecule has 3 aromatic carbocycles. The molecule has 38 heavy (non-hydrogen) atoms. The van der Waals surface area contributed by atoms with Crippen molar-refractivity contribution in [3.8, 4) is 0 Å². The molecule has 190 valence electrons. The third-order valence-corrected chi connectivity index (χ3v) is 7.65. The van der Waals surface area contributed by atoms with Crippen LogP contribution in [0.5, 0.6) is 0 Å². The SMILES string of the molecule is Cn1ncc2cc(C(c3ccc4c(cnn4C)c3)N3CCN(C(=O)n4nnc5ccccc54)CC3)ccc21. The minimum Gasteiger partial charge on any atom is -0.320 e. The van der Waals surface area contributed by atoms with Crippen molar-refractivity contribution < 1.29 is 4.79 Å². The number of nitrogens with zero attached hydrogens (tertiary/aromatic N) is 9. The predicted octanol–water partition coefficient (Wildman–Crippen LogP) is 3.58. The second-order valence-corrected chi connectivity index (χ2v) is 9.87. The standard InChI is InChI=1S/C28H27N9O/c1-33-24-9-7-19(15-21(24)17-29-33)27(20-8-10-25-22(16-20)18-30-34(25)2)35-11-13-36(14-12-35)28(38)37-26-6-4-3-5-23(26)31-32-37/h3-10,15-18,27H,11-14H2,1-2H3. The van der Waals surface area contributed by atoms with Gasteiger partial charge in [-0.3, -0.25) is 14.3 Å². The van der Waals surface area contributed by atoms with Crippen LogP contribution >= 0.6 is 0 Å². The number of aromatic nitrogens is 7. The van der Waals surface area contributed by atoms with Crippen molar-refractivity contribution in [2.75, 3.05) is 26.2 Å². The molecule has 10 heteroatoms. The summed E-state index contributed by atoms with van der Waals surface area (Å²) in [7, 11) is 3.93. The van der Waals surface area contributed by atoms with Crippen LogP contribution < -0.4 is 0 Å². The lowest BCUT2D eigenvalue weighted by atomic mass is 9.94. The zero-order chi connectivity index (χ0) is 25.8. The lowest BCUT2D eigenvalue weighted by Gasteiger charge is -2.39. The van der Waals surface area contributed by atoms with Crippen molar-refractivity contribution in [1.29, 1.82) is 0 Å². The first-order valence-electron chi connectivity index (χ1n) is 12.7. The van der Waals surface area contributed by atoms with Gasteiger partial charge in [-0.05, 0) is 47.5 Å². The minimum absolute atomic E-state index is 0.0358. The minimum atomic E-state index is -0.136. The van der Waals surface area contributed by atoms with Crippen LogP contribution in [0.2, 0.25) is 0 Å². The molecule has 10 nitrogen and oxygen atoms in total.